The monoisotopic (exact) mass is 345 g/mol. The van der Waals surface area contributed by atoms with Crippen molar-refractivity contribution < 1.29 is 0 Å². The van der Waals surface area contributed by atoms with Crippen LogP contribution in [-0.4, -0.2) is 0 Å². The highest BCUT2D eigenvalue weighted by molar-refractivity contribution is 9.10. The van der Waals surface area contributed by atoms with Gasteiger partial charge in [-0.25, -0.2) is 0 Å². The summed E-state index contributed by atoms with van der Waals surface area (Å²) in [5.74, 6) is 0. The fourth-order valence-corrected chi connectivity index (χ4v) is 3.45. The predicted octanol–water partition coefficient (Wildman–Crippen LogP) is 6.16. The summed E-state index contributed by atoms with van der Waals surface area (Å²) < 4.78 is 1.20. The molecule has 1 unspecified atom stereocenters. The molecule has 0 aliphatic carbocycles. The molecule has 0 fully saturated rings. The summed E-state index contributed by atoms with van der Waals surface area (Å²) in [7, 11) is 0. The highest BCUT2D eigenvalue weighted by atomic mass is 79.9. The molecule has 0 spiro atoms. The first kappa shape index (κ1) is 16.1. The maximum atomic E-state index is 3.65. The van der Waals surface area contributed by atoms with E-state index in [-0.39, 0.29) is 0 Å². The van der Waals surface area contributed by atoms with Crippen molar-refractivity contribution in [1.82, 2.24) is 0 Å². The highest BCUT2D eigenvalue weighted by Crippen LogP contribution is 2.30. The van der Waals surface area contributed by atoms with E-state index in [1.165, 1.54) is 43.5 Å². The summed E-state index contributed by atoms with van der Waals surface area (Å²) in [5.41, 5.74) is 9.16. The lowest BCUT2D eigenvalue weighted by molar-refractivity contribution is 0.861. The van der Waals surface area contributed by atoms with E-state index in [4.69, 9.17) is 0 Å². The minimum atomic E-state index is 0.297. The average Bonchev–Trinajstić information content (AvgIpc) is 2.34. The Morgan fingerprint density at radius 2 is 1.29 bits per heavy atom. The minimum Gasteiger partial charge on any atom is -0.378 e. The van der Waals surface area contributed by atoms with Crippen LogP contribution < -0.4 is 5.32 Å². The van der Waals surface area contributed by atoms with Crippen molar-refractivity contribution in [2.75, 3.05) is 5.32 Å². The van der Waals surface area contributed by atoms with Crippen molar-refractivity contribution in [3.8, 4) is 0 Å². The molecule has 1 atom stereocenters. The van der Waals surface area contributed by atoms with Gasteiger partial charge in [-0.05, 0) is 81.5 Å². The van der Waals surface area contributed by atoms with Crippen molar-refractivity contribution in [2.24, 2.45) is 0 Å². The first-order valence-electron chi connectivity index (χ1n) is 7.40. The normalized spacial score (nSPS) is 12.3. The Morgan fingerprint density at radius 3 is 1.76 bits per heavy atom. The smallest absolute Gasteiger partial charge is 0.0490 e. The Labute approximate surface area is 136 Å². The fourth-order valence-electron chi connectivity index (χ4n) is 3.23. The zero-order valence-corrected chi connectivity index (χ0v) is 15.4. The second kappa shape index (κ2) is 6.23. The van der Waals surface area contributed by atoms with Gasteiger partial charge in [-0.2, -0.15) is 0 Å². The van der Waals surface area contributed by atoms with Crippen LogP contribution in [-0.2, 0) is 0 Å². The predicted molar refractivity (Wildman–Crippen MR) is 96.3 cm³/mol. The molecule has 2 aromatic rings. The van der Waals surface area contributed by atoms with E-state index in [0.717, 1.165) is 0 Å². The molecule has 0 aliphatic heterocycles. The van der Waals surface area contributed by atoms with Crippen LogP contribution in [0.5, 0.6) is 0 Å². The molecule has 21 heavy (non-hydrogen) atoms. The first-order valence-corrected chi connectivity index (χ1v) is 8.20. The number of halogens is 1. The molecule has 0 aliphatic rings. The van der Waals surface area contributed by atoms with E-state index < -0.39 is 0 Å². The summed E-state index contributed by atoms with van der Waals surface area (Å²) in [5, 5.41) is 3.65. The highest BCUT2D eigenvalue weighted by Gasteiger charge is 2.13. The molecule has 1 nitrogen and oxygen atoms in total. The Balaban J connectivity index is 2.32. The van der Waals surface area contributed by atoms with Gasteiger partial charge >= 0.3 is 0 Å². The molecule has 0 radical (unpaired) electrons. The summed E-state index contributed by atoms with van der Waals surface area (Å²) >= 11 is 3.63. The maximum Gasteiger partial charge on any atom is 0.0490 e. The third kappa shape index (κ3) is 3.49. The lowest BCUT2D eigenvalue weighted by Gasteiger charge is -2.22. The Hall–Kier alpha value is -1.28. The molecule has 2 aromatic carbocycles. The third-order valence-electron chi connectivity index (χ3n) is 3.99. The number of hydrogen-bond donors (Lipinski definition) is 1. The molecule has 2 rings (SSSR count). The zero-order valence-electron chi connectivity index (χ0n) is 13.8. The summed E-state index contributed by atoms with van der Waals surface area (Å²) in [6, 6.07) is 9.22. The number of hydrogen-bond acceptors (Lipinski definition) is 1. The van der Waals surface area contributed by atoms with Crippen LogP contribution in [0.1, 0.15) is 46.3 Å². The average molecular weight is 346 g/mol. The van der Waals surface area contributed by atoms with Crippen LogP contribution in [0, 0.1) is 34.6 Å². The largest absolute Gasteiger partial charge is 0.378 e. The summed E-state index contributed by atoms with van der Waals surface area (Å²) in [4.78, 5) is 0. The van der Waals surface area contributed by atoms with E-state index >= 15 is 0 Å². The van der Waals surface area contributed by atoms with Gasteiger partial charge in [0.1, 0.15) is 0 Å². The second-order valence-electron chi connectivity index (χ2n) is 6.10. The van der Waals surface area contributed by atoms with Gasteiger partial charge in [0.05, 0.1) is 0 Å². The first-order chi connectivity index (χ1) is 9.79. The number of benzene rings is 2. The molecule has 0 bridgehead atoms. The van der Waals surface area contributed by atoms with Gasteiger partial charge in [0.15, 0.2) is 0 Å². The zero-order chi connectivity index (χ0) is 15.7. The molecule has 112 valence electrons. The fraction of sp³-hybridized carbons (Fsp3) is 0.368. The molecular weight excluding hydrogens is 322 g/mol. The van der Waals surface area contributed by atoms with Crippen molar-refractivity contribution in [3.05, 3.63) is 62.1 Å². The molecule has 1 N–H and O–H groups in total. The van der Waals surface area contributed by atoms with Crippen molar-refractivity contribution in [3.63, 3.8) is 0 Å². The maximum absolute atomic E-state index is 3.65. The Bertz CT molecular complexity index is 627. The standard InChI is InChI=1S/C19H24BrN/c1-11-7-12(2)18(13(3)8-11)16(6)21-17-9-14(4)19(20)15(5)10-17/h7-10,16,21H,1-6H3. The molecule has 0 aromatic heterocycles. The van der Waals surface area contributed by atoms with Gasteiger partial charge in [0.2, 0.25) is 0 Å². The quantitative estimate of drug-likeness (QED) is 0.701. The third-order valence-corrected chi connectivity index (χ3v) is 5.24. The Kier molecular flexibility index (Phi) is 4.77. The van der Waals surface area contributed by atoms with Crippen LogP contribution in [0.15, 0.2) is 28.7 Å². The molecule has 0 heterocycles. The van der Waals surface area contributed by atoms with Gasteiger partial charge in [0, 0.05) is 16.2 Å². The van der Waals surface area contributed by atoms with Crippen LogP contribution >= 0.6 is 15.9 Å². The molecule has 2 heteroatoms. The lowest BCUT2D eigenvalue weighted by atomic mass is 9.94. The van der Waals surface area contributed by atoms with Crippen LogP contribution in [0.2, 0.25) is 0 Å². The van der Waals surface area contributed by atoms with Gasteiger partial charge in [-0.3, -0.25) is 0 Å². The summed E-state index contributed by atoms with van der Waals surface area (Å²) in [6.45, 7) is 13.1. The van der Waals surface area contributed by atoms with Crippen molar-refractivity contribution in [1.29, 1.82) is 0 Å². The van der Waals surface area contributed by atoms with Crippen LogP contribution in [0.3, 0.4) is 0 Å². The van der Waals surface area contributed by atoms with E-state index in [1.807, 2.05) is 0 Å². The molecule has 0 saturated carbocycles. The number of aryl methyl sites for hydroxylation is 5. The van der Waals surface area contributed by atoms with Gasteiger partial charge in [0.25, 0.3) is 0 Å². The van der Waals surface area contributed by atoms with Crippen molar-refractivity contribution >= 4 is 21.6 Å². The van der Waals surface area contributed by atoms with Crippen LogP contribution in [0.25, 0.3) is 0 Å². The van der Waals surface area contributed by atoms with E-state index in [9.17, 15) is 0 Å². The summed E-state index contributed by atoms with van der Waals surface area (Å²) in [6.07, 6.45) is 0. The van der Waals surface area contributed by atoms with E-state index in [2.05, 4.69) is 87.1 Å². The van der Waals surface area contributed by atoms with Gasteiger partial charge < -0.3 is 5.32 Å². The Morgan fingerprint density at radius 1 is 0.810 bits per heavy atom. The lowest BCUT2D eigenvalue weighted by Crippen LogP contribution is -2.10. The minimum absolute atomic E-state index is 0.297. The second-order valence-corrected chi connectivity index (χ2v) is 6.90. The van der Waals surface area contributed by atoms with Gasteiger partial charge in [-0.1, -0.05) is 33.6 Å². The SMILES string of the molecule is Cc1cc(C)c(C(C)Nc2cc(C)c(Br)c(C)c2)c(C)c1. The number of rotatable bonds is 3. The van der Waals surface area contributed by atoms with E-state index in [0.29, 0.717) is 6.04 Å². The van der Waals surface area contributed by atoms with Crippen molar-refractivity contribution in [2.45, 2.75) is 47.6 Å². The number of nitrogens with one attached hydrogen (secondary N) is 1. The topological polar surface area (TPSA) is 12.0 Å². The molecule has 0 amide bonds. The molecule has 0 saturated heterocycles. The van der Waals surface area contributed by atoms with Gasteiger partial charge in [-0.15, -0.1) is 0 Å². The van der Waals surface area contributed by atoms with Crippen LogP contribution in [0.4, 0.5) is 5.69 Å². The molecular formula is C19H24BrN. The van der Waals surface area contributed by atoms with E-state index in [1.54, 1.807) is 0 Å². The number of anilines is 1.